The number of benzene rings is 2. The first kappa shape index (κ1) is 16.3. The number of rotatable bonds is 4. The number of hydrogen-bond acceptors (Lipinski definition) is 3. The Kier molecular flexibility index (Phi) is 4.87. The van der Waals surface area contributed by atoms with Crippen LogP contribution in [0.25, 0.3) is 10.4 Å². The molecule has 1 unspecified atom stereocenters. The zero-order chi connectivity index (χ0) is 16.4. The minimum Gasteiger partial charge on any atom is -0.207 e. The van der Waals surface area contributed by atoms with Crippen LogP contribution in [0.1, 0.15) is 22.0 Å². The van der Waals surface area contributed by atoms with Gasteiger partial charge in [-0.1, -0.05) is 23.4 Å². The molecule has 0 saturated heterocycles. The van der Waals surface area contributed by atoms with Crippen molar-refractivity contribution in [2.45, 2.75) is 13.0 Å². The van der Waals surface area contributed by atoms with E-state index in [1.54, 1.807) is 12.1 Å². The third kappa shape index (κ3) is 3.50. The van der Waals surface area contributed by atoms with E-state index >= 15 is 0 Å². The van der Waals surface area contributed by atoms with E-state index in [0.717, 1.165) is 30.0 Å². The fourth-order valence-corrected chi connectivity index (χ4v) is 4.01. The lowest BCUT2D eigenvalue weighted by Crippen LogP contribution is -1.98. The van der Waals surface area contributed by atoms with Gasteiger partial charge in [0.2, 0.25) is 0 Å². The van der Waals surface area contributed by atoms with Gasteiger partial charge in [-0.25, -0.2) is 4.39 Å². The van der Waals surface area contributed by atoms with Crippen LogP contribution in [0.3, 0.4) is 0 Å². The smallest absolute Gasteiger partial charge is 0.151 e. The summed E-state index contributed by atoms with van der Waals surface area (Å²) in [6.45, 7) is 1.98. The molecular formula is C18H13FINOS. The molecule has 5 heteroatoms. The van der Waals surface area contributed by atoms with Crippen LogP contribution in [-0.2, 0) is 0 Å². The van der Waals surface area contributed by atoms with Gasteiger partial charge in [0, 0.05) is 13.3 Å². The van der Waals surface area contributed by atoms with Gasteiger partial charge in [-0.05, 0) is 82.6 Å². The Morgan fingerprint density at radius 2 is 1.83 bits per heavy atom. The van der Waals surface area contributed by atoms with Crippen LogP contribution < -0.4 is 0 Å². The first-order valence-electron chi connectivity index (χ1n) is 7.02. The second-order valence-electron chi connectivity index (χ2n) is 5.22. The molecule has 3 aromatic rings. The highest BCUT2D eigenvalue weighted by molar-refractivity contribution is 14.1. The lowest BCUT2D eigenvalue weighted by atomic mass is 10.0. The van der Waals surface area contributed by atoms with Crippen molar-refractivity contribution in [2.75, 3.05) is 0 Å². The maximum absolute atomic E-state index is 13.0. The first-order valence-corrected chi connectivity index (χ1v) is 8.92. The number of aryl methyl sites for hydroxylation is 1. The molecule has 1 heterocycles. The molecule has 0 radical (unpaired) electrons. The summed E-state index contributed by atoms with van der Waals surface area (Å²) in [5.41, 5.74) is 2.91. The molecule has 0 bridgehead atoms. The molecule has 23 heavy (non-hydrogen) atoms. The zero-order valence-corrected chi connectivity index (χ0v) is 15.3. The molecule has 2 aromatic carbocycles. The van der Waals surface area contributed by atoms with Crippen LogP contribution in [0.2, 0.25) is 0 Å². The van der Waals surface area contributed by atoms with E-state index in [4.69, 9.17) is 0 Å². The molecule has 0 aliphatic carbocycles. The summed E-state index contributed by atoms with van der Waals surface area (Å²) in [5.74, 6) is -0.257. The predicted octanol–water partition coefficient (Wildman–Crippen LogP) is 6.32. The Morgan fingerprint density at radius 1 is 1.09 bits per heavy atom. The predicted molar refractivity (Wildman–Crippen MR) is 101 cm³/mol. The van der Waals surface area contributed by atoms with Crippen LogP contribution in [-0.4, -0.2) is 0 Å². The number of halogens is 2. The van der Waals surface area contributed by atoms with Crippen molar-refractivity contribution in [3.05, 3.63) is 84.9 Å². The topological polar surface area (TPSA) is 29.4 Å². The molecule has 1 atom stereocenters. The Hall–Kier alpha value is -1.60. The van der Waals surface area contributed by atoms with E-state index in [1.165, 1.54) is 23.5 Å². The zero-order valence-electron chi connectivity index (χ0n) is 12.3. The van der Waals surface area contributed by atoms with Gasteiger partial charge in [0.1, 0.15) is 5.82 Å². The van der Waals surface area contributed by atoms with Crippen LogP contribution in [0.5, 0.6) is 0 Å². The van der Waals surface area contributed by atoms with E-state index in [9.17, 15) is 9.30 Å². The molecule has 0 aliphatic heterocycles. The van der Waals surface area contributed by atoms with Crippen LogP contribution in [0.4, 0.5) is 4.39 Å². The van der Waals surface area contributed by atoms with Crippen LogP contribution >= 0.6 is 33.9 Å². The van der Waals surface area contributed by atoms with Crippen molar-refractivity contribution >= 4 is 33.9 Å². The van der Waals surface area contributed by atoms with Crippen LogP contribution in [0, 0.1) is 21.2 Å². The number of hydrogen-bond donors (Lipinski definition) is 0. The van der Waals surface area contributed by atoms with Crippen molar-refractivity contribution in [3.8, 4) is 10.4 Å². The third-order valence-electron chi connectivity index (χ3n) is 3.67. The Bertz CT molecular complexity index is 844. The molecule has 0 amide bonds. The maximum atomic E-state index is 13.0. The molecule has 3 rings (SSSR count). The Labute approximate surface area is 151 Å². The minimum absolute atomic E-state index is 0.257. The van der Waals surface area contributed by atoms with Gasteiger partial charge >= 0.3 is 0 Å². The molecule has 2 nitrogen and oxygen atoms in total. The van der Waals surface area contributed by atoms with E-state index in [-0.39, 0.29) is 5.82 Å². The molecule has 0 spiro atoms. The third-order valence-corrected chi connectivity index (χ3v) is 5.52. The highest BCUT2D eigenvalue weighted by Crippen LogP contribution is 2.37. The monoisotopic (exact) mass is 437 g/mol. The van der Waals surface area contributed by atoms with Gasteiger partial charge in [-0.2, -0.15) is 0 Å². The number of thiophene rings is 1. The molecule has 0 saturated carbocycles. The summed E-state index contributed by atoms with van der Waals surface area (Å²) in [7, 11) is 0. The van der Waals surface area contributed by atoms with Gasteiger partial charge in [-0.15, -0.1) is 16.2 Å². The second kappa shape index (κ2) is 6.88. The second-order valence-corrected chi connectivity index (χ2v) is 7.58. The summed E-state index contributed by atoms with van der Waals surface area (Å²) >= 11 is 3.75. The van der Waals surface area contributed by atoms with E-state index in [0.29, 0.717) is 0 Å². The standard InChI is InChI=1S/C18H13FINOS/c1-11-2-7-14(20)10-15(11)18(21-22)17-9-8-16(23-17)12-3-5-13(19)6-4-12/h2-10,18H,1H3. The van der Waals surface area contributed by atoms with Crippen LogP contribution in [0.15, 0.2) is 59.8 Å². The highest BCUT2D eigenvalue weighted by Gasteiger charge is 2.19. The molecule has 0 N–H and O–H groups in total. The van der Waals surface area contributed by atoms with Crippen molar-refractivity contribution in [1.29, 1.82) is 0 Å². The first-order chi connectivity index (χ1) is 11.1. The quantitative estimate of drug-likeness (QED) is 0.347. The number of nitrogens with zero attached hydrogens (tertiary/aromatic N) is 1. The van der Waals surface area contributed by atoms with E-state index < -0.39 is 6.04 Å². The molecule has 0 aliphatic rings. The SMILES string of the molecule is Cc1ccc(I)cc1C(N=O)c1ccc(-c2ccc(F)cc2)s1. The highest BCUT2D eigenvalue weighted by atomic mass is 127. The molecule has 1 aromatic heterocycles. The van der Waals surface area contributed by atoms with Gasteiger partial charge in [-0.3, -0.25) is 0 Å². The Balaban J connectivity index is 1.98. The fraction of sp³-hybridized carbons (Fsp3) is 0.111. The van der Waals surface area contributed by atoms with E-state index in [2.05, 4.69) is 27.8 Å². The maximum Gasteiger partial charge on any atom is 0.151 e. The average Bonchev–Trinajstić information content (AvgIpc) is 3.02. The fourth-order valence-electron chi connectivity index (χ4n) is 2.44. The average molecular weight is 437 g/mol. The summed E-state index contributed by atoms with van der Waals surface area (Å²) in [4.78, 5) is 13.4. The molecular weight excluding hydrogens is 424 g/mol. The van der Waals surface area contributed by atoms with E-state index in [1.807, 2.05) is 37.3 Å². The van der Waals surface area contributed by atoms with Gasteiger partial charge in [0.15, 0.2) is 6.04 Å². The minimum atomic E-state index is -0.510. The lowest BCUT2D eigenvalue weighted by Gasteiger charge is -2.11. The lowest BCUT2D eigenvalue weighted by molar-refractivity contribution is 0.628. The van der Waals surface area contributed by atoms with Crippen molar-refractivity contribution < 1.29 is 4.39 Å². The van der Waals surface area contributed by atoms with Gasteiger partial charge < -0.3 is 0 Å². The summed E-state index contributed by atoms with van der Waals surface area (Å²) in [6.07, 6.45) is 0. The van der Waals surface area contributed by atoms with Crippen molar-refractivity contribution in [3.63, 3.8) is 0 Å². The van der Waals surface area contributed by atoms with Gasteiger partial charge in [0.05, 0.1) is 0 Å². The largest absolute Gasteiger partial charge is 0.207 e. The molecule has 116 valence electrons. The van der Waals surface area contributed by atoms with Gasteiger partial charge in [0.25, 0.3) is 0 Å². The summed E-state index contributed by atoms with van der Waals surface area (Å²) in [6, 6.07) is 15.7. The summed E-state index contributed by atoms with van der Waals surface area (Å²) in [5, 5.41) is 3.35. The number of nitroso groups, excluding NO2 is 1. The molecule has 0 fully saturated rings. The Morgan fingerprint density at radius 3 is 2.52 bits per heavy atom. The normalized spacial score (nSPS) is 12.1. The van der Waals surface area contributed by atoms with Crippen molar-refractivity contribution in [2.24, 2.45) is 5.18 Å². The van der Waals surface area contributed by atoms with Crippen molar-refractivity contribution in [1.82, 2.24) is 0 Å². The summed E-state index contributed by atoms with van der Waals surface area (Å²) < 4.78 is 14.1.